The number of fused-ring (bicyclic) bond motifs is 1. The monoisotopic (exact) mass is 403 g/mol. The van der Waals surface area contributed by atoms with Crippen molar-refractivity contribution in [1.29, 1.82) is 0 Å². The first-order chi connectivity index (χ1) is 14.8. The topological polar surface area (TPSA) is 64.5 Å². The van der Waals surface area contributed by atoms with Gasteiger partial charge in [0.25, 0.3) is 5.91 Å². The average Bonchev–Trinajstić information content (AvgIpc) is 3.34. The van der Waals surface area contributed by atoms with Gasteiger partial charge in [-0.3, -0.25) is 9.78 Å². The summed E-state index contributed by atoms with van der Waals surface area (Å²) in [4.78, 5) is 23.6. The summed E-state index contributed by atoms with van der Waals surface area (Å²) in [6.45, 7) is 2.17. The van der Waals surface area contributed by atoms with Crippen LogP contribution in [0.2, 0.25) is 0 Å². The molecule has 5 rings (SSSR count). The molecule has 1 unspecified atom stereocenters. The van der Waals surface area contributed by atoms with Gasteiger partial charge < -0.3 is 14.4 Å². The number of hydrogen-bond acceptors (Lipinski definition) is 5. The summed E-state index contributed by atoms with van der Waals surface area (Å²) in [5.41, 5.74) is 3.64. The Hall–Kier alpha value is -2.99. The van der Waals surface area contributed by atoms with Crippen molar-refractivity contribution in [1.82, 2.24) is 14.9 Å². The van der Waals surface area contributed by atoms with Gasteiger partial charge in [-0.05, 0) is 49.2 Å². The number of aromatic nitrogens is 2. The molecule has 3 aromatic rings. The van der Waals surface area contributed by atoms with E-state index in [4.69, 9.17) is 14.5 Å². The van der Waals surface area contributed by atoms with E-state index in [1.165, 1.54) is 0 Å². The normalized spacial score (nSPS) is 19.9. The van der Waals surface area contributed by atoms with E-state index in [1.54, 1.807) is 6.20 Å². The van der Waals surface area contributed by atoms with E-state index in [2.05, 4.69) is 4.98 Å². The van der Waals surface area contributed by atoms with Crippen molar-refractivity contribution >= 4 is 16.9 Å². The fraction of sp³-hybridized carbons (Fsp3) is 0.375. The van der Waals surface area contributed by atoms with Gasteiger partial charge in [0.2, 0.25) is 0 Å². The fourth-order valence-corrected chi connectivity index (χ4v) is 4.16. The third-order valence-electron chi connectivity index (χ3n) is 5.86. The Morgan fingerprint density at radius 1 is 1.00 bits per heavy atom. The Morgan fingerprint density at radius 2 is 1.77 bits per heavy atom. The second kappa shape index (κ2) is 8.40. The molecule has 3 heterocycles. The molecule has 0 radical (unpaired) electrons. The summed E-state index contributed by atoms with van der Waals surface area (Å²) < 4.78 is 11.7. The zero-order chi connectivity index (χ0) is 20.3. The van der Waals surface area contributed by atoms with Gasteiger partial charge in [0, 0.05) is 38.1 Å². The lowest BCUT2D eigenvalue weighted by atomic mass is 10.1. The molecule has 6 nitrogen and oxygen atoms in total. The number of likely N-dealkylation sites (tertiary alicyclic amines) is 1. The van der Waals surface area contributed by atoms with Gasteiger partial charge in [-0.1, -0.05) is 12.1 Å². The molecule has 154 valence electrons. The predicted molar refractivity (Wildman–Crippen MR) is 114 cm³/mol. The smallest absolute Gasteiger partial charge is 0.251 e. The van der Waals surface area contributed by atoms with Gasteiger partial charge in [0.15, 0.2) is 0 Å². The van der Waals surface area contributed by atoms with Gasteiger partial charge in [-0.25, -0.2) is 4.98 Å². The minimum atomic E-state index is -0.229. The van der Waals surface area contributed by atoms with E-state index in [0.717, 1.165) is 66.8 Å². The van der Waals surface area contributed by atoms with E-state index < -0.39 is 0 Å². The number of hydrogen-bond donors (Lipinski definition) is 0. The van der Waals surface area contributed by atoms with Crippen LogP contribution >= 0.6 is 0 Å². The third kappa shape index (κ3) is 4.00. The van der Waals surface area contributed by atoms with Gasteiger partial charge in [0.1, 0.15) is 18.0 Å². The standard InChI is InChI=1S/C24H25N3O3/c28-24(23-6-3-15-29-23)27-13-11-19(12-14-27)30-18-9-7-17(8-10-18)22-16-25-20-4-1-2-5-21(20)26-22/h1-2,4-5,7-10,16,19,23H,3,6,11-15H2. The molecule has 0 N–H and O–H groups in total. The average molecular weight is 403 g/mol. The quantitative estimate of drug-likeness (QED) is 0.662. The molecule has 2 fully saturated rings. The Balaban J connectivity index is 1.19. The molecule has 30 heavy (non-hydrogen) atoms. The lowest BCUT2D eigenvalue weighted by Gasteiger charge is -2.33. The first-order valence-electron chi connectivity index (χ1n) is 10.7. The van der Waals surface area contributed by atoms with Crippen LogP contribution in [0.5, 0.6) is 5.75 Å². The Bertz CT molecular complexity index is 1020. The number of piperidine rings is 1. The van der Waals surface area contributed by atoms with E-state index >= 15 is 0 Å². The van der Waals surface area contributed by atoms with E-state index in [0.29, 0.717) is 6.61 Å². The number of carbonyl (C=O) groups excluding carboxylic acids is 1. The highest BCUT2D eigenvalue weighted by molar-refractivity contribution is 5.81. The first-order valence-corrected chi connectivity index (χ1v) is 10.7. The fourth-order valence-electron chi connectivity index (χ4n) is 4.16. The van der Waals surface area contributed by atoms with Gasteiger partial charge >= 0.3 is 0 Å². The highest BCUT2D eigenvalue weighted by Gasteiger charge is 2.31. The molecule has 2 aromatic carbocycles. The molecule has 2 aliphatic heterocycles. The van der Waals surface area contributed by atoms with Crippen LogP contribution < -0.4 is 4.74 Å². The summed E-state index contributed by atoms with van der Waals surface area (Å²) in [6, 6.07) is 15.9. The van der Waals surface area contributed by atoms with Gasteiger partial charge in [0.05, 0.1) is 22.9 Å². The van der Waals surface area contributed by atoms with Crippen LogP contribution in [0.25, 0.3) is 22.3 Å². The SMILES string of the molecule is O=C(C1CCCO1)N1CCC(Oc2ccc(-c3cnc4ccccc4n3)cc2)CC1. The molecular formula is C24H25N3O3. The van der Waals surface area contributed by atoms with Crippen molar-refractivity contribution in [2.24, 2.45) is 0 Å². The molecular weight excluding hydrogens is 378 g/mol. The maximum atomic E-state index is 12.5. The van der Waals surface area contributed by atoms with Crippen molar-refractivity contribution < 1.29 is 14.3 Å². The molecule has 0 bridgehead atoms. The second-order valence-corrected chi connectivity index (χ2v) is 7.91. The van der Waals surface area contributed by atoms with Crippen molar-refractivity contribution in [3.05, 3.63) is 54.7 Å². The van der Waals surface area contributed by atoms with Gasteiger partial charge in [-0.15, -0.1) is 0 Å². The lowest BCUT2D eigenvalue weighted by molar-refractivity contribution is -0.142. The summed E-state index contributed by atoms with van der Waals surface area (Å²) in [7, 11) is 0. The molecule has 1 amide bonds. The predicted octanol–water partition coefficient (Wildman–Crippen LogP) is 3.85. The van der Waals surface area contributed by atoms with Crippen LogP contribution in [0.1, 0.15) is 25.7 Å². The van der Waals surface area contributed by atoms with Crippen LogP contribution in [-0.4, -0.2) is 52.7 Å². The Morgan fingerprint density at radius 3 is 2.50 bits per heavy atom. The summed E-state index contributed by atoms with van der Waals surface area (Å²) >= 11 is 0. The number of amides is 1. The molecule has 0 aliphatic carbocycles. The Kier molecular flexibility index (Phi) is 5.32. The van der Waals surface area contributed by atoms with E-state index in [1.807, 2.05) is 53.4 Å². The lowest BCUT2D eigenvalue weighted by Crippen LogP contribution is -2.45. The van der Waals surface area contributed by atoms with Gasteiger partial charge in [-0.2, -0.15) is 0 Å². The van der Waals surface area contributed by atoms with Crippen molar-refractivity contribution in [3.8, 4) is 17.0 Å². The largest absolute Gasteiger partial charge is 0.490 e. The zero-order valence-corrected chi connectivity index (χ0v) is 16.9. The number of ether oxygens (including phenoxy) is 2. The zero-order valence-electron chi connectivity index (χ0n) is 16.9. The van der Waals surface area contributed by atoms with Crippen molar-refractivity contribution in [2.45, 2.75) is 37.9 Å². The minimum absolute atomic E-state index is 0.129. The number of benzene rings is 2. The summed E-state index contributed by atoms with van der Waals surface area (Å²) in [5, 5.41) is 0. The number of nitrogens with zero attached hydrogens (tertiary/aromatic N) is 3. The Labute approximate surface area is 175 Å². The third-order valence-corrected chi connectivity index (χ3v) is 5.86. The molecule has 1 atom stereocenters. The van der Waals surface area contributed by atoms with Crippen molar-refractivity contribution in [2.75, 3.05) is 19.7 Å². The maximum Gasteiger partial charge on any atom is 0.251 e. The second-order valence-electron chi connectivity index (χ2n) is 7.91. The van der Waals surface area contributed by atoms with Crippen molar-refractivity contribution in [3.63, 3.8) is 0 Å². The highest BCUT2D eigenvalue weighted by atomic mass is 16.5. The summed E-state index contributed by atoms with van der Waals surface area (Å²) in [5.74, 6) is 0.989. The summed E-state index contributed by atoms with van der Waals surface area (Å²) in [6.07, 6.45) is 5.23. The number of rotatable bonds is 4. The minimum Gasteiger partial charge on any atom is -0.490 e. The van der Waals surface area contributed by atoms with E-state index in [9.17, 15) is 4.79 Å². The molecule has 6 heteroatoms. The molecule has 2 saturated heterocycles. The first kappa shape index (κ1) is 19.0. The number of carbonyl (C=O) groups is 1. The van der Waals surface area contributed by atoms with E-state index in [-0.39, 0.29) is 18.1 Å². The van der Waals surface area contributed by atoms with Crippen LogP contribution in [0.4, 0.5) is 0 Å². The molecule has 1 aromatic heterocycles. The molecule has 0 spiro atoms. The highest BCUT2D eigenvalue weighted by Crippen LogP contribution is 2.25. The van der Waals surface area contributed by atoms with Crippen LogP contribution in [0.3, 0.4) is 0 Å². The maximum absolute atomic E-state index is 12.5. The number of para-hydroxylation sites is 2. The van der Waals surface area contributed by atoms with Crippen LogP contribution in [0.15, 0.2) is 54.7 Å². The van der Waals surface area contributed by atoms with Crippen LogP contribution in [-0.2, 0) is 9.53 Å². The molecule has 0 saturated carbocycles. The van der Waals surface area contributed by atoms with Crippen LogP contribution in [0, 0.1) is 0 Å². The molecule has 2 aliphatic rings.